The van der Waals surface area contributed by atoms with Crippen molar-refractivity contribution < 1.29 is 27.6 Å². The number of hydrogen-bond donors (Lipinski definition) is 1. The molecule has 0 saturated heterocycles. The van der Waals surface area contributed by atoms with Gasteiger partial charge in [-0.2, -0.15) is 13.2 Å². The van der Waals surface area contributed by atoms with Crippen LogP contribution >= 0.6 is 0 Å². The molecule has 1 aromatic heterocycles. The zero-order valence-electron chi connectivity index (χ0n) is 12.5. The van der Waals surface area contributed by atoms with Gasteiger partial charge in [0, 0.05) is 19.2 Å². The van der Waals surface area contributed by atoms with Gasteiger partial charge < -0.3 is 9.63 Å². The molecule has 0 spiro atoms. The standard InChI is InChI=1S/C15H15F3N2O3/c1-9-5-12(19-23-9)8-20(2)7-11-4-3-10(14(21)22)6-13(11)15(16,17)18/h3-6H,7-8H2,1-2H3,(H,21,22). The molecule has 23 heavy (non-hydrogen) atoms. The Morgan fingerprint density at radius 2 is 2.00 bits per heavy atom. The molecule has 2 rings (SSSR count). The van der Waals surface area contributed by atoms with E-state index in [1.165, 1.54) is 12.1 Å². The summed E-state index contributed by atoms with van der Waals surface area (Å²) >= 11 is 0. The number of aromatic nitrogens is 1. The lowest BCUT2D eigenvalue weighted by molar-refractivity contribution is -0.138. The van der Waals surface area contributed by atoms with Crippen LogP contribution in [0.25, 0.3) is 0 Å². The topological polar surface area (TPSA) is 66.6 Å². The highest BCUT2D eigenvalue weighted by Crippen LogP contribution is 2.33. The Kier molecular flexibility index (Phi) is 4.74. The minimum absolute atomic E-state index is 0.000645. The zero-order chi connectivity index (χ0) is 17.2. The number of aryl methyl sites for hydroxylation is 1. The fraction of sp³-hybridized carbons (Fsp3) is 0.333. The average Bonchev–Trinajstić information content (AvgIpc) is 2.82. The van der Waals surface area contributed by atoms with Crippen LogP contribution in [-0.4, -0.2) is 28.2 Å². The van der Waals surface area contributed by atoms with Gasteiger partial charge >= 0.3 is 12.1 Å². The lowest BCUT2D eigenvalue weighted by Crippen LogP contribution is -2.21. The summed E-state index contributed by atoms with van der Waals surface area (Å²) in [6, 6.07) is 4.72. The maximum absolute atomic E-state index is 13.1. The van der Waals surface area contributed by atoms with Gasteiger partial charge in [0.25, 0.3) is 0 Å². The predicted molar refractivity (Wildman–Crippen MR) is 74.8 cm³/mol. The Morgan fingerprint density at radius 1 is 1.30 bits per heavy atom. The van der Waals surface area contributed by atoms with Crippen molar-refractivity contribution in [2.45, 2.75) is 26.2 Å². The molecule has 1 aromatic carbocycles. The summed E-state index contributed by atoms with van der Waals surface area (Å²) in [5, 5.41) is 12.6. The van der Waals surface area contributed by atoms with Gasteiger partial charge in [0.1, 0.15) is 5.76 Å². The quantitative estimate of drug-likeness (QED) is 0.912. The fourth-order valence-electron chi connectivity index (χ4n) is 2.23. The second kappa shape index (κ2) is 6.41. The maximum Gasteiger partial charge on any atom is 0.416 e. The van der Waals surface area contributed by atoms with Gasteiger partial charge in [-0.25, -0.2) is 4.79 Å². The molecule has 124 valence electrons. The number of rotatable bonds is 5. The Balaban J connectivity index is 2.22. The van der Waals surface area contributed by atoms with Gasteiger partial charge in [-0.1, -0.05) is 11.2 Å². The summed E-state index contributed by atoms with van der Waals surface area (Å²) in [5.41, 5.74) is -0.720. The molecule has 5 nitrogen and oxygen atoms in total. The van der Waals surface area contributed by atoms with Gasteiger partial charge in [-0.3, -0.25) is 4.90 Å². The SMILES string of the molecule is Cc1cc(CN(C)Cc2ccc(C(=O)O)cc2C(F)(F)F)no1. The number of benzene rings is 1. The van der Waals surface area contributed by atoms with Crippen molar-refractivity contribution in [3.8, 4) is 0 Å². The normalized spacial score (nSPS) is 11.9. The van der Waals surface area contributed by atoms with Gasteiger partial charge in [0.15, 0.2) is 0 Å². The van der Waals surface area contributed by atoms with Gasteiger partial charge in [-0.15, -0.1) is 0 Å². The highest BCUT2D eigenvalue weighted by molar-refractivity contribution is 5.88. The molecule has 0 bridgehead atoms. The van der Waals surface area contributed by atoms with E-state index in [1.807, 2.05) is 0 Å². The second-order valence-corrected chi connectivity index (χ2v) is 5.28. The average molecular weight is 328 g/mol. The van der Waals surface area contributed by atoms with Gasteiger partial charge in [0.05, 0.1) is 16.8 Å². The van der Waals surface area contributed by atoms with Crippen molar-refractivity contribution in [3.63, 3.8) is 0 Å². The molecule has 0 saturated carbocycles. The molecule has 1 N–H and O–H groups in total. The molecule has 0 aliphatic heterocycles. The van der Waals surface area contributed by atoms with Crippen molar-refractivity contribution in [1.82, 2.24) is 10.1 Å². The Bertz CT molecular complexity index is 710. The summed E-state index contributed by atoms with van der Waals surface area (Å²) < 4.78 is 44.3. The number of nitrogens with zero attached hydrogens (tertiary/aromatic N) is 2. The molecule has 0 fully saturated rings. The van der Waals surface area contributed by atoms with Crippen molar-refractivity contribution in [2.24, 2.45) is 0 Å². The maximum atomic E-state index is 13.1. The number of carboxylic acid groups (broad SMARTS) is 1. The molecule has 0 amide bonds. The summed E-state index contributed by atoms with van der Waals surface area (Å²) in [5.74, 6) is -0.774. The van der Waals surface area contributed by atoms with Crippen LogP contribution in [0.3, 0.4) is 0 Å². The van der Waals surface area contributed by atoms with Crippen LogP contribution in [-0.2, 0) is 19.3 Å². The van der Waals surface area contributed by atoms with E-state index in [0.29, 0.717) is 24.1 Å². The summed E-state index contributed by atoms with van der Waals surface area (Å²) in [6.45, 7) is 2.04. The molecular formula is C15H15F3N2O3. The monoisotopic (exact) mass is 328 g/mol. The summed E-state index contributed by atoms with van der Waals surface area (Å²) in [7, 11) is 1.65. The van der Waals surface area contributed by atoms with Crippen LogP contribution in [0.5, 0.6) is 0 Å². The second-order valence-electron chi connectivity index (χ2n) is 5.28. The Labute approximate surface area is 130 Å². The van der Waals surface area contributed by atoms with Crippen LogP contribution in [0.4, 0.5) is 13.2 Å². The number of alkyl halides is 3. The first kappa shape index (κ1) is 17.0. The van der Waals surface area contributed by atoms with E-state index in [4.69, 9.17) is 9.63 Å². The lowest BCUT2D eigenvalue weighted by atomic mass is 10.0. The van der Waals surface area contributed by atoms with E-state index >= 15 is 0 Å². The van der Waals surface area contributed by atoms with Gasteiger partial charge in [-0.05, 0) is 31.7 Å². The van der Waals surface area contributed by atoms with Crippen molar-refractivity contribution in [1.29, 1.82) is 0 Å². The number of halogens is 3. The van der Waals surface area contributed by atoms with Gasteiger partial charge in [0.2, 0.25) is 0 Å². The highest BCUT2D eigenvalue weighted by Gasteiger charge is 2.34. The van der Waals surface area contributed by atoms with Crippen molar-refractivity contribution in [2.75, 3.05) is 7.05 Å². The van der Waals surface area contributed by atoms with Crippen LogP contribution in [0.15, 0.2) is 28.8 Å². The predicted octanol–water partition coefficient (Wildman–Crippen LogP) is 3.33. The smallest absolute Gasteiger partial charge is 0.416 e. The first-order chi connectivity index (χ1) is 10.7. The molecule has 1 heterocycles. The first-order valence-corrected chi connectivity index (χ1v) is 6.71. The summed E-state index contributed by atoms with van der Waals surface area (Å²) in [6.07, 6.45) is -4.62. The van der Waals surface area contributed by atoms with E-state index in [2.05, 4.69) is 5.16 Å². The number of carboxylic acids is 1. The highest BCUT2D eigenvalue weighted by atomic mass is 19.4. The minimum Gasteiger partial charge on any atom is -0.478 e. The number of aromatic carboxylic acids is 1. The van der Waals surface area contributed by atoms with E-state index in [9.17, 15) is 18.0 Å². The van der Waals surface area contributed by atoms with Crippen molar-refractivity contribution in [3.05, 3.63) is 52.4 Å². The molecule has 0 aliphatic rings. The Hall–Kier alpha value is -2.35. The molecule has 0 radical (unpaired) electrons. The van der Waals surface area contributed by atoms with E-state index in [1.54, 1.807) is 24.9 Å². The summed E-state index contributed by atoms with van der Waals surface area (Å²) in [4.78, 5) is 12.5. The Morgan fingerprint density at radius 3 is 2.52 bits per heavy atom. The van der Waals surface area contributed by atoms with Crippen molar-refractivity contribution >= 4 is 5.97 Å². The van der Waals surface area contributed by atoms with E-state index < -0.39 is 23.3 Å². The largest absolute Gasteiger partial charge is 0.478 e. The number of carbonyl (C=O) groups is 1. The van der Waals surface area contributed by atoms with Crippen LogP contribution in [0, 0.1) is 6.92 Å². The van der Waals surface area contributed by atoms with E-state index in [-0.39, 0.29) is 12.1 Å². The number of hydrogen-bond acceptors (Lipinski definition) is 4. The lowest BCUT2D eigenvalue weighted by Gasteiger charge is -2.19. The van der Waals surface area contributed by atoms with Crippen LogP contribution in [0.2, 0.25) is 0 Å². The third-order valence-electron chi connectivity index (χ3n) is 3.21. The molecular weight excluding hydrogens is 313 g/mol. The molecule has 2 aromatic rings. The third-order valence-corrected chi connectivity index (χ3v) is 3.21. The molecule has 8 heteroatoms. The van der Waals surface area contributed by atoms with E-state index in [0.717, 1.165) is 0 Å². The zero-order valence-corrected chi connectivity index (χ0v) is 12.5. The first-order valence-electron chi connectivity index (χ1n) is 6.71. The minimum atomic E-state index is -4.62. The molecule has 0 atom stereocenters. The van der Waals surface area contributed by atoms with Crippen LogP contribution in [0.1, 0.15) is 32.9 Å². The van der Waals surface area contributed by atoms with Crippen LogP contribution < -0.4 is 0 Å². The molecule has 0 unspecified atom stereocenters. The fourth-order valence-corrected chi connectivity index (χ4v) is 2.23. The molecule has 0 aliphatic carbocycles. The third kappa shape index (κ3) is 4.32.